The quantitative estimate of drug-likeness (QED) is 0.509. The highest BCUT2D eigenvalue weighted by Gasteiger charge is 2.40. The normalized spacial score (nSPS) is 13.9. The topological polar surface area (TPSA) is 49.4 Å². The maximum atomic E-state index is 13.3. The summed E-state index contributed by atoms with van der Waals surface area (Å²) in [6.07, 6.45) is 0. The smallest absolute Gasteiger partial charge is 0.282 e. The summed E-state index contributed by atoms with van der Waals surface area (Å²) in [4.78, 5) is 27.8. The van der Waals surface area contributed by atoms with Gasteiger partial charge in [-0.25, -0.2) is 4.90 Å². The van der Waals surface area contributed by atoms with E-state index in [9.17, 15) is 9.59 Å². The minimum absolute atomic E-state index is 0.223. The molecule has 30 heavy (non-hydrogen) atoms. The van der Waals surface area contributed by atoms with Crippen LogP contribution in [-0.2, 0) is 9.59 Å². The first-order chi connectivity index (χ1) is 14.3. The minimum atomic E-state index is -0.425. The average Bonchev–Trinajstić information content (AvgIpc) is 2.96. The zero-order chi connectivity index (χ0) is 21.4. The van der Waals surface area contributed by atoms with E-state index in [-0.39, 0.29) is 5.70 Å². The number of nitrogens with zero attached hydrogens (tertiary/aromatic N) is 1. The van der Waals surface area contributed by atoms with Crippen molar-refractivity contribution in [3.05, 3.63) is 99.2 Å². The van der Waals surface area contributed by atoms with E-state index in [1.807, 2.05) is 32.0 Å². The third kappa shape index (κ3) is 3.72. The predicted octanol–water partition coefficient (Wildman–Crippen LogP) is 6.01. The number of rotatable bonds is 4. The Morgan fingerprint density at radius 1 is 0.733 bits per heavy atom. The number of nitrogens with one attached hydrogen (secondary N) is 1. The molecule has 0 aromatic heterocycles. The summed E-state index contributed by atoms with van der Waals surface area (Å²) in [5.74, 6) is -0.832. The molecular formula is C24H18Cl2N2O2. The van der Waals surface area contributed by atoms with E-state index < -0.39 is 11.8 Å². The summed E-state index contributed by atoms with van der Waals surface area (Å²) < 4.78 is 0. The zero-order valence-corrected chi connectivity index (χ0v) is 17.9. The van der Waals surface area contributed by atoms with Gasteiger partial charge in [-0.2, -0.15) is 0 Å². The lowest BCUT2D eigenvalue weighted by molar-refractivity contribution is -0.120. The van der Waals surface area contributed by atoms with E-state index in [2.05, 4.69) is 5.32 Å². The highest BCUT2D eigenvalue weighted by molar-refractivity contribution is 6.46. The Hall–Kier alpha value is -3.08. The SMILES string of the molecule is Cc1ccc(NC2=C(c3ccc(Cl)cc3)C(=O)N(c3ccc(Cl)cc3)C2=O)cc1C. The number of benzene rings is 3. The molecule has 0 fully saturated rings. The monoisotopic (exact) mass is 436 g/mol. The number of imide groups is 1. The summed E-state index contributed by atoms with van der Waals surface area (Å²) in [6, 6.07) is 19.3. The third-order valence-electron chi connectivity index (χ3n) is 5.08. The van der Waals surface area contributed by atoms with Crippen molar-refractivity contribution in [2.75, 3.05) is 10.2 Å². The van der Waals surface area contributed by atoms with Gasteiger partial charge in [-0.3, -0.25) is 9.59 Å². The van der Waals surface area contributed by atoms with Crippen molar-refractivity contribution in [2.45, 2.75) is 13.8 Å². The van der Waals surface area contributed by atoms with Gasteiger partial charge in [0.25, 0.3) is 11.8 Å². The number of carbonyl (C=O) groups is 2. The Kier molecular flexibility index (Phi) is 5.37. The molecule has 1 N–H and O–H groups in total. The van der Waals surface area contributed by atoms with E-state index in [1.54, 1.807) is 48.5 Å². The van der Waals surface area contributed by atoms with E-state index in [0.29, 0.717) is 26.9 Å². The molecule has 0 bridgehead atoms. The molecule has 6 heteroatoms. The van der Waals surface area contributed by atoms with Gasteiger partial charge in [0.2, 0.25) is 0 Å². The number of hydrogen-bond acceptors (Lipinski definition) is 3. The molecule has 1 aliphatic heterocycles. The van der Waals surface area contributed by atoms with E-state index >= 15 is 0 Å². The number of aryl methyl sites for hydroxylation is 2. The number of carbonyl (C=O) groups excluding carboxylic acids is 2. The minimum Gasteiger partial charge on any atom is -0.350 e. The average molecular weight is 437 g/mol. The molecule has 0 saturated carbocycles. The molecule has 2 amide bonds. The number of amides is 2. The first kappa shape index (κ1) is 20.2. The van der Waals surface area contributed by atoms with Crippen LogP contribution >= 0.6 is 23.2 Å². The van der Waals surface area contributed by atoms with Crippen LogP contribution in [0.1, 0.15) is 16.7 Å². The summed E-state index contributed by atoms with van der Waals surface area (Å²) in [6.45, 7) is 4.01. The van der Waals surface area contributed by atoms with Crippen molar-refractivity contribution in [1.82, 2.24) is 0 Å². The molecule has 0 radical (unpaired) electrons. The van der Waals surface area contributed by atoms with Crippen molar-refractivity contribution < 1.29 is 9.59 Å². The molecule has 0 unspecified atom stereocenters. The second-order valence-electron chi connectivity index (χ2n) is 7.10. The Labute approximate surface area is 184 Å². The van der Waals surface area contributed by atoms with Gasteiger partial charge in [0.05, 0.1) is 11.3 Å². The third-order valence-corrected chi connectivity index (χ3v) is 5.58. The lowest BCUT2D eigenvalue weighted by Gasteiger charge is -2.15. The molecule has 0 atom stereocenters. The predicted molar refractivity (Wildman–Crippen MR) is 122 cm³/mol. The molecule has 3 aromatic carbocycles. The second-order valence-corrected chi connectivity index (χ2v) is 7.98. The van der Waals surface area contributed by atoms with Gasteiger partial charge in [-0.05, 0) is 79.1 Å². The first-order valence-corrected chi connectivity index (χ1v) is 10.1. The van der Waals surface area contributed by atoms with Crippen LogP contribution < -0.4 is 10.2 Å². The Balaban J connectivity index is 1.82. The van der Waals surface area contributed by atoms with Gasteiger partial charge >= 0.3 is 0 Å². The summed E-state index contributed by atoms with van der Waals surface area (Å²) in [5.41, 5.74) is 4.55. The van der Waals surface area contributed by atoms with Crippen molar-refractivity contribution in [2.24, 2.45) is 0 Å². The van der Waals surface area contributed by atoms with Crippen molar-refractivity contribution in [1.29, 1.82) is 0 Å². The van der Waals surface area contributed by atoms with Gasteiger partial charge in [0, 0.05) is 15.7 Å². The molecule has 1 heterocycles. The van der Waals surface area contributed by atoms with Crippen molar-refractivity contribution in [3.8, 4) is 0 Å². The van der Waals surface area contributed by atoms with Crippen LogP contribution in [0.25, 0.3) is 5.57 Å². The summed E-state index contributed by atoms with van der Waals surface area (Å²) >= 11 is 12.0. The highest BCUT2D eigenvalue weighted by atomic mass is 35.5. The lowest BCUT2D eigenvalue weighted by Crippen LogP contribution is -2.32. The van der Waals surface area contributed by atoms with Gasteiger partial charge in [-0.15, -0.1) is 0 Å². The molecule has 0 spiro atoms. The van der Waals surface area contributed by atoms with Gasteiger partial charge in [0.1, 0.15) is 5.70 Å². The fraction of sp³-hybridized carbons (Fsp3) is 0.0833. The number of hydrogen-bond donors (Lipinski definition) is 1. The number of anilines is 2. The zero-order valence-electron chi connectivity index (χ0n) is 16.4. The van der Waals surface area contributed by atoms with Crippen LogP contribution in [0.3, 0.4) is 0 Å². The highest BCUT2D eigenvalue weighted by Crippen LogP contribution is 2.34. The maximum absolute atomic E-state index is 13.3. The molecule has 0 aliphatic carbocycles. The first-order valence-electron chi connectivity index (χ1n) is 9.34. The second kappa shape index (κ2) is 7.98. The van der Waals surface area contributed by atoms with E-state index in [4.69, 9.17) is 23.2 Å². The number of halogens is 2. The van der Waals surface area contributed by atoms with Gasteiger partial charge < -0.3 is 5.32 Å². The Morgan fingerprint density at radius 3 is 1.93 bits per heavy atom. The standard InChI is InChI=1S/C24H18Cl2N2O2/c1-14-3-10-19(13-15(14)2)27-22-21(16-4-6-17(25)7-5-16)23(29)28(24(22)30)20-11-8-18(26)9-12-20/h3-13,27H,1-2H3. The van der Waals surface area contributed by atoms with Crippen molar-refractivity contribution in [3.63, 3.8) is 0 Å². The van der Waals surface area contributed by atoms with Crippen molar-refractivity contribution >= 4 is 52.0 Å². The molecular weight excluding hydrogens is 419 g/mol. The molecule has 0 saturated heterocycles. The van der Waals surface area contributed by atoms with Gasteiger partial charge in [0.15, 0.2) is 0 Å². The molecule has 150 valence electrons. The lowest BCUT2D eigenvalue weighted by atomic mass is 10.0. The maximum Gasteiger partial charge on any atom is 0.282 e. The van der Waals surface area contributed by atoms with Crippen LogP contribution in [0.5, 0.6) is 0 Å². The van der Waals surface area contributed by atoms with Gasteiger partial charge in [-0.1, -0.05) is 41.4 Å². The van der Waals surface area contributed by atoms with E-state index in [0.717, 1.165) is 21.7 Å². The Bertz CT molecular complexity index is 1180. The molecule has 3 aromatic rings. The summed E-state index contributed by atoms with van der Waals surface area (Å²) in [5, 5.41) is 4.25. The van der Waals surface area contributed by atoms with Crippen LogP contribution in [0, 0.1) is 13.8 Å². The molecule has 4 nitrogen and oxygen atoms in total. The van der Waals surface area contributed by atoms with Crippen LogP contribution in [0.4, 0.5) is 11.4 Å². The summed E-state index contributed by atoms with van der Waals surface area (Å²) in [7, 11) is 0. The van der Waals surface area contributed by atoms with Crippen LogP contribution in [0.2, 0.25) is 10.0 Å². The fourth-order valence-electron chi connectivity index (χ4n) is 3.32. The van der Waals surface area contributed by atoms with Crippen LogP contribution in [0.15, 0.2) is 72.4 Å². The Morgan fingerprint density at radius 2 is 1.33 bits per heavy atom. The molecule has 4 rings (SSSR count). The molecule has 1 aliphatic rings. The van der Waals surface area contributed by atoms with Crippen LogP contribution in [-0.4, -0.2) is 11.8 Å². The fourth-order valence-corrected chi connectivity index (χ4v) is 3.57. The largest absolute Gasteiger partial charge is 0.350 e. The van der Waals surface area contributed by atoms with E-state index in [1.165, 1.54) is 0 Å².